The SMILES string of the molecule is C=C1C(=C)C2C=CC1C2CCC. The van der Waals surface area contributed by atoms with E-state index in [-0.39, 0.29) is 0 Å². The lowest BCUT2D eigenvalue weighted by molar-refractivity contribution is 0.418. The number of rotatable bonds is 2. The third-order valence-electron chi connectivity index (χ3n) is 3.29. The van der Waals surface area contributed by atoms with Gasteiger partial charge in [0.2, 0.25) is 0 Å². The van der Waals surface area contributed by atoms with E-state index in [1.54, 1.807) is 0 Å². The van der Waals surface area contributed by atoms with E-state index >= 15 is 0 Å². The maximum atomic E-state index is 4.10. The first-order valence-electron chi connectivity index (χ1n) is 4.82. The maximum absolute atomic E-state index is 4.10. The lowest BCUT2D eigenvalue weighted by Gasteiger charge is -2.12. The molecule has 0 aliphatic heterocycles. The predicted molar refractivity (Wildman–Crippen MR) is 52.8 cm³/mol. The van der Waals surface area contributed by atoms with Gasteiger partial charge in [-0.15, -0.1) is 0 Å². The van der Waals surface area contributed by atoms with Crippen molar-refractivity contribution in [1.82, 2.24) is 0 Å². The van der Waals surface area contributed by atoms with Crippen LogP contribution in [0, 0.1) is 17.8 Å². The number of fused-ring (bicyclic) bond motifs is 2. The molecule has 0 N–H and O–H groups in total. The molecule has 1 saturated carbocycles. The van der Waals surface area contributed by atoms with Crippen molar-refractivity contribution in [3.63, 3.8) is 0 Å². The van der Waals surface area contributed by atoms with E-state index < -0.39 is 0 Å². The van der Waals surface area contributed by atoms with Crippen LogP contribution >= 0.6 is 0 Å². The predicted octanol–water partition coefficient (Wildman–Crippen LogP) is 3.33. The highest BCUT2D eigenvalue weighted by Crippen LogP contribution is 2.51. The van der Waals surface area contributed by atoms with Crippen molar-refractivity contribution < 1.29 is 0 Å². The number of hydrogen-bond donors (Lipinski definition) is 0. The zero-order valence-electron chi connectivity index (χ0n) is 7.72. The van der Waals surface area contributed by atoms with Crippen molar-refractivity contribution >= 4 is 0 Å². The van der Waals surface area contributed by atoms with E-state index in [2.05, 4.69) is 32.2 Å². The summed E-state index contributed by atoms with van der Waals surface area (Å²) in [6, 6.07) is 0. The van der Waals surface area contributed by atoms with E-state index in [4.69, 9.17) is 0 Å². The third kappa shape index (κ3) is 0.841. The summed E-state index contributed by atoms with van der Waals surface area (Å²) < 4.78 is 0. The van der Waals surface area contributed by atoms with Crippen LogP contribution in [0.3, 0.4) is 0 Å². The molecular formula is C12H16. The molecule has 2 aliphatic carbocycles. The molecule has 2 rings (SSSR count). The molecule has 0 saturated heterocycles. The van der Waals surface area contributed by atoms with Crippen LogP contribution in [0.15, 0.2) is 36.5 Å². The van der Waals surface area contributed by atoms with Gasteiger partial charge in [-0.1, -0.05) is 38.7 Å². The Morgan fingerprint density at radius 2 is 1.67 bits per heavy atom. The normalized spacial score (nSPS) is 38.2. The quantitative estimate of drug-likeness (QED) is 0.543. The Bertz CT molecular complexity index is 233. The van der Waals surface area contributed by atoms with Gasteiger partial charge in [0.05, 0.1) is 0 Å². The van der Waals surface area contributed by atoms with Gasteiger partial charge in [0.15, 0.2) is 0 Å². The fraction of sp³-hybridized carbons (Fsp3) is 0.500. The van der Waals surface area contributed by atoms with Crippen LogP contribution in [-0.4, -0.2) is 0 Å². The average Bonchev–Trinajstić information content (AvgIpc) is 2.53. The summed E-state index contributed by atoms with van der Waals surface area (Å²) in [7, 11) is 0. The molecule has 2 unspecified atom stereocenters. The molecule has 0 radical (unpaired) electrons. The average molecular weight is 160 g/mol. The van der Waals surface area contributed by atoms with Crippen molar-refractivity contribution in [3.05, 3.63) is 36.5 Å². The maximum Gasteiger partial charge on any atom is 0.00521 e. The van der Waals surface area contributed by atoms with Crippen LogP contribution in [-0.2, 0) is 0 Å². The lowest BCUT2D eigenvalue weighted by atomic mass is 9.91. The second-order valence-electron chi connectivity index (χ2n) is 3.94. The summed E-state index contributed by atoms with van der Waals surface area (Å²) in [6.45, 7) is 10.5. The second-order valence-corrected chi connectivity index (χ2v) is 3.94. The minimum Gasteiger partial charge on any atom is -0.0949 e. The van der Waals surface area contributed by atoms with Gasteiger partial charge in [0.25, 0.3) is 0 Å². The van der Waals surface area contributed by atoms with Crippen LogP contribution < -0.4 is 0 Å². The summed E-state index contributed by atoms with van der Waals surface area (Å²) in [4.78, 5) is 0. The molecule has 2 aliphatic rings. The van der Waals surface area contributed by atoms with Gasteiger partial charge in [0, 0.05) is 11.8 Å². The molecule has 0 aromatic rings. The van der Waals surface area contributed by atoms with Gasteiger partial charge in [-0.05, 0) is 23.5 Å². The molecule has 0 nitrogen and oxygen atoms in total. The summed E-state index contributed by atoms with van der Waals surface area (Å²) in [5.41, 5.74) is 2.59. The monoisotopic (exact) mass is 160 g/mol. The second kappa shape index (κ2) is 2.62. The number of hydrogen-bond acceptors (Lipinski definition) is 0. The highest BCUT2D eigenvalue weighted by molar-refractivity contribution is 5.46. The first-order chi connectivity index (χ1) is 5.75. The molecule has 2 atom stereocenters. The molecule has 0 heteroatoms. The molecule has 64 valence electrons. The standard InChI is InChI=1S/C12H16/c1-4-5-12-10-6-7-11(12)9(3)8(10)2/h6-7,10-12H,2-5H2,1H3. The Morgan fingerprint density at radius 1 is 1.17 bits per heavy atom. The molecule has 1 fully saturated rings. The molecule has 0 aromatic heterocycles. The van der Waals surface area contributed by atoms with Crippen LogP contribution in [0.5, 0.6) is 0 Å². The number of allylic oxidation sites excluding steroid dienone is 4. The van der Waals surface area contributed by atoms with Gasteiger partial charge in [-0.25, -0.2) is 0 Å². The molecule has 12 heavy (non-hydrogen) atoms. The van der Waals surface area contributed by atoms with E-state index in [9.17, 15) is 0 Å². The largest absolute Gasteiger partial charge is 0.0949 e. The van der Waals surface area contributed by atoms with Gasteiger partial charge in [-0.3, -0.25) is 0 Å². The molecule has 0 heterocycles. The van der Waals surface area contributed by atoms with Crippen molar-refractivity contribution in [2.24, 2.45) is 17.8 Å². The van der Waals surface area contributed by atoms with Crippen LogP contribution in [0.2, 0.25) is 0 Å². The van der Waals surface area contributed by atoms with Crippen molar-refractivity contribution in [3.8, 4) is 0 Å². The topological polar surface area (TPSA) is 0 Å². The Morgan fingerprint density at radius 3 is 2.08 bits per heavy atom. The fourth-order valence-corrected chi connectivity index (χ4v) is 2.62. The highest BCUT2D eigenvalue weighted by atomic mass is 14.5. The Kier molecular flexibility index (Phi) is 1.71. The van der Waals surface area contributed by atoms with Gasteiger partial charge >= 0.3 is 0 Å². The Hall–Kier alpha value is -0.780. The molecule has 0 aromatic carbocycles. The van der Waals surface area contributed by atoms with Crippen LogP contribution in [0.4, 0.5) is 0 Å². The molecule has 0 spiro atoms. The smallest absolute Gasteiger partial charge is 0.00521 e. The van der Waals surface area contributed by atoms with Crippen molar-refractivity contribution in [1.29, 1.82) is 0 Å². The molecule has 2 bridgehead atoms. The fourth-order valence-electron chi connectivity index (χ4n) is 2.62. The minimum atomic E-state index is 0.627. The van der Waals surface area contributed by atoms with Gasteiger partial charge < -0.3 is 0 Å². The van der Waals surface area contributed by atoms with Crippen LogP contribution in [0.25, 0.3) is 0 Å². The van der Waals surface area contributed by atoms with Crippen molar-refractivity contribution in [2.45, 2.75) is 19.8 Å². The zero-order valence-corrected chi connectivity index (χ0v) is 7.72. The summed E-state index contributed by atoms with van der Waals surface area (Å²) in [5, 5.41) is 0. The van der Waals surface area contributed by atoms with Crippen LogP contribution in [0.1, 0.15) is 19.8 Å². The molecule has 0 amide bonds. The summed E-state index contributed by atoms with van der Waals surface area (Å²) >= 11 is 0. The minimum absolute atomic E-state index is 0.627. The van der Waals surface area contributed by atoms with Crippen molar-refractivity contribution in [2.75, 3.05) is 0 Å². The Labute approximate surface area is 74.7 Å². The highest BCUT2D eigenvalue weighted by Gasteiger charge is 2.41. The zero-order chi connectivity index (χ0) is 8.72. The summed E-state index contributed by atoms with van der Waals surface area (Å²) in [5.74, 6) is 2.06. The summed E-state index contributed by atoms with van der Waals surface area (Å²) in [6.07, 6.45) is 7.24. The third-order valence-corrected chi connectivity index (χ3v) is 3.29. The lowest BCUT2D eigenvalue weighted by Crippen LogP contribution is -2.06. The van der Waals surface area contributed by atoms with Gasteiger partial charge in [0.1, 0.15) is 0 Å². The van der Waals surface area contributed by atoms with E-state index in [1.165, 1.54) is 24.0 Å². The first-order valence-corrected chi connectivity index (χ1v) is 4.82. The van der Waals surface area contributed by atoms with E-state index in [0.29, 0.717) is 11.8 Å². The first kappa shape index (κ1) is 7.85. The van der Waals surface area contributed by atoms with E-state index in [1.807, 2.05) is 0 Å². The molecular weight excluding hydrogens is 144 g/mol. The van der Waals surface area contributed by atoms with Gasteiger partial charge in [-0.2, -0.15) is 0 Å². The Balaban J connectivity index is 2.24. The van der Waals surface area contributed by atoms with E-state index in [0.717, 1.165) is 5.92 Å².